The van der Waals surface area contributed by atoms with Crippen molar-refractivity contribution < 1.29 is 4.79 Å². The lowest BCUT2D eigenvalue weighted by molar-refractivity contribution is 0.101. The molecule has 1 fully saturated rings. The van der Waals surface area contributed by atoms with Crippen LogP contribution in [0.4, 0.5) is 5.69 Å². The van der Waals surface area contributed by atoms with Gasteiger partial charge < -0.3 is 15.2 Å². The molecule has 0 saturated carbocycles. The smallest absolute Gasteiger partial charge is 0.291 e. The fourth-order valence-corrected chi connectivity index (χ4v) is 5.10. The minimum atomic E-state index is -0.320. The third-order valence-electron chi connectivity index (χ3n) is 6.51. The van der Waals surface area contributed by atoms with Gasteiger partial charge in [0, 0.05) is 23.5 Å². The third kappa shape index (κ3) is 5.43. The number of hydrogen-bond donors (Lipinski definition) is 2. The number of likely N-dealkylation sites (tertiary alicyclic amines) is 1. The SMILES string of the molecule is CSCCN1CCC(c2ccc(NC(=O)c3ncc(C#N)[nH]3)c(C3=CCCCC3)c2)CC1. The van der Waals surface area contributed by atoms with Crippen molar-refractivity contribution in [3.63, 3.8) is 0 Å². The summed E-state index contributed by atoms with van der Waals surface area (Å²) in [6.07, 6.45) is 12.8. The van der Waals surface area contributed by atoms with Crippen molar-refractivity contribution in [2.24, 2.45) is 0 Å². The number of aromatic amines is 1. The predicted molar refractivity (Wildman–Crippen MR) is 131 cm³/mol. The number of rotatable bonds is 7. The van der Waals surface area contributed by atoms with Gasteiger partial charge >= 0.3 is 0 Å². The number of amides is 1. The van der Waals surface area contributed by atoms with Crippen molar-refractivity contribution in [1.29, 1.82) is 5.26 Å². The first-order valence-electron chi connectivity index (χ1n) is 11.5. The van der Waals surface area contributed by atoms with Crippen LogP contribution in [0, 0.1) is 11.3 Å². The molecule has 0 spiro atoms. The molecule has 1 aromatic carbocycles. The van der Waals surface area contributed by atoms with Crippen LogP contribution in [0.2, 0.25) is 0 Å². The van der Waals surface area contributed by atoms with Gasteiger partial charge in [-0.25, -0.2) is 4.98 Å². The summed E-state index contributed by atoms with van der Waals surface area (Å²) in [7, 11) is 0. The van der Waals surface area contributed by atoms with Crippen molar-refractivity contribution in [2.75, 3.05) is 37.0 Å². The van der Waals surface area contributed by atoms with Crippen molar-refractivity contribution in [1.82, 2.24) is 14.9 Å². The van der Waals surface area contributed by atoms with Crippen LogP contribution in [-0.4, -0.2) is 52.4 Å². The zero-order valence-corrected chi connectivity index (χ0v) is 19.5. The van der Waals surface area contributed by atoms with E-state index in [4.69, 9.17) is 5.26 Å². The lowest BCUT2D eigenvalue weighted by Gasteiger charge is -2.32. The molecule has 1 aliphatic heterocycles. The van der Waals surface area contributed by atoms with Gasteiger partial charge in [0.1, 0.15) is 11.8 Å². The van der Waals surface area contributed by atoms with E-state index in [-0.39, 0.29) is 17.4 Å². The molecule has 1 aliphatic carbocycles. The fraction of sp³-hybridized carbons (Fsp3) is 0.480. The number of aromatic nitrogens is 2. The van der Waals surface area contributed by atoms with Gasteiger partial charge in [-0.1, -0.05) is 12.1 Å². The van der Waals surface area contributed by atoms with E-state index in [9.17, 15) is 4.79 Å². The molecule has 0 bridgehead atoms. The van der Waals surface area contributed by atoms with Gasteiger partial charge in [0.05, 0.1) is 6.20 Å². The second kappa shape index (κ2) is 10.8. The number of benzene rings is 1. The zero-order chi connectivity index (χ0) is 22.3. The van der Waals surface area contributed by atoms with Gasteiger partial charge in [0.25, 0.3) is 5.91 Å². The van der Waals surface area contributed by atoms with Crippen LogP contribution in [0.3, 0.4) is 0 Å². The lowest BCUT2D eigenvalue weighted by atomic mass is 9.85. The van der Waals surface area contributed by atoms with Crippen molar-refractivity contribution in [3.05, 3.63) is 53.1 Å². The Kier molecular flexibility index (Phi) is 7.67. The molecule has 2 heterocycles. The maximum atomic E-state index is 12.7. The summed E-state index contributed by atoms with van der Waals surface area (Å²) in [5.74, 6) is 1.60. The number of piperidine rings is 1. The van der Waals surface area contributed by atoms with Crippen LogP contribution >= 0.6 is 11.8 Å². The molecular formula is C25H31N5OS. The predicted octanol–water partition coefficient (Wildman–Crippen LogP) is 5.03. The van der Waals surface area contributed by atoms with Gasteiger partial charge in [-0.05, 0) is 87.1 Å². The van der Waals surface area contributed by atoms with Crippen LogP contribution < -0.4 is 5.32 Å². The molecule has 32 heavy (non-hydrogen) atoms. The third-order valence-corrected chi connectivity index (χ3v) is 7.10. The van der Waals surface area contributed by atoms with Gasteiger partial charge in [0.15, 0.2) is 5.82 Å². The van der Waals surface area contributed by atoms with Gasteiger partial charge in [-0.2, -0.15) is 17.0 Å². The fourth-order valence-electron chi connectivity index (χ4n) is 4.66. The van der Waals surface area contributed by atoms with Crippen LogP contribution in [0.25, 0.3) is 5.57 Å². The van der Waals surface area contributed by atoms with E-state index >= 15 is 0 Å². The number of anilines is 1. The largest absolute Gasteiger partial charge is 0.326 e. The number of nitrogens with zero attached hydrogens (tertiary/aromatic N) is 3. The Labute approximate surface area is 194 Å². The van der Waals surface area contributed by atoms with Crippen molar-refractivity contribution in [3.8, 4) is 6.07 Å². The van der Waals surface area contributed by atoms with Gasteiger partial charge in [-0.3, -0.25) is 4.79 Å². The van der Waals surface area contributed by atoms with E-state index in [1.807, 2.05) is 23.9 Å². The molecule has 1 saturated heterocycles. The van der Waals surface area contributed by atoms with E-state index in [1.54, 1.807) is 0 Å². The highest BCUT2D eigenvalue weighted by Crippen LogP contribution is 2.36. The normalized spacial score (nSPS) is 17.6. The summed E-state index contributed by atoms with van der Waals surface area (Å²) in [6, 6.07) is 8.50. The molecule has 4 rings (SSSR count). The number of imidazole rings is 1. The Morgan fingerprint density at radius 3 is 2.88 bits per heavy atom. The van der Waals surface area contributed by atoms with E-state index < -0.39 is 0 Å². The molecular weight excluding hydrogens is 418 g/mol. The number of nitrogens with one attached hydrogen (secondary N) is 2. The van der Waals surface area contributed by atoms with E-state index in [2.05, 4.69) is 44.6 Å². The molecule has 1 aromatic heterocycles. The Morgan fingerprint density at radius 1 is 1.34 bits per heavy atom. The monoisotopic (exact) mass is 449 g/mol. The molecule has 7 heteroatoms. The number of thioether (sulfide) groups is 1. The molecule has 0 unspecified atom stereocenters. The molecule has 2 N–H and O–H groups in total. The maximum Gasteiger partial charge on any atom is 0.291 e. The highest BCUT2D eigenvalue weighted by Gasteiger charge is 2.23. The van der Waals surface area contributed by atoms with Crippen LogP contribution in [0.1, 0.15) is 71.9 Å². The second-order valence-electron chi connectivity index (χ2n) is 8.60. The van der Waals surface area contributed by atoms with Crippen LogP contribution in [0.15, 0.2) is 30.5 Å². The molecule has 0 atom stereocenters. The van der Waals surface area contributed by atoms with E-state index in [0.717, 1.165) is 37.2 Å². The molecule has 2 aromatic rings. The number of nitriles is 1. The first kappa shape index (κ1) is 22.6. The van der Waals surface area contributed by atoms with Crippen molar-refractivity contribution >= 4 is 28.9 Å². The summed E-state index contributed by atoms with van der Waals surface area (Å²) >= 11 is 1.91. The minimum absolute atomic E-state index is 0.159. The van der Waals surface area contributed by atoms with E-state index in [0.29, 0.717) is 5.92 Å². The summed E-state index contributed by atoms with van der Waals surface area (Å²) in [5.41, 5.74) is 4.93. The minimum Gasteiger partial charge on any atom is -0.326 e. The topological polar surface area (TPSA) is 84.8 Å². The van der Waals surface area contributed by atoms with E-state index in [1.165, 1.54) is 55.3 Å². The Morgan fingerprint density at radius 2 is 2.19 bits per heavy atom. The van der Waals surface area contributed by atoms with Gasteiger partial charge in [0.2, 0.25) is 0 Å². The molecule has 168 valence electrons. The number of carbonyl (C=O) groups is 1. The zero-order valence-electron chi connectivity index (χ0n) is 18.7. The average Bonchev–Trinajstić information content (AvgIpc) is 3.33. The number of hydrogen-bond acceptors (Lipinski definition) is 5. The summed E-state index contributed by atoms with van der Waals surface area (Å²) in [4.78, 5) is 22.1. The highest BCUT2D eigenvalue weighted by molar-refractivity contribution is 7.98. The quantitative estimate of drug-likeness (QED) is 0.619. The second-order valence-corrected chi connectivity index (χ2v) is 9.59. The Balaban J connectivity index is 1.54. The Hall–Kier alpha value is -2.56. The van der Waals surface area contributed by atoms with Crippen LogP contribution in [0.5, 0.6) is 0 Å². The van der Waals surface area contributed by atoms with Crippen molar-refractivity contribution in [2.45, 2.75) is 44.4 Å². The summed E-state index contributed by atoms with van der Waals surface area (Å²) in [6.45, 7) is 3.49. The molecule has 2 aliphatic rings. The molecule has 0 radical (unpaired) electrons. The number of carbonyl (C=O) groups excluding carboxylic acids is 1. The van der Waals surface area contributed by atoms with Crippen LogP contribution in [-0.2, 0) is 0 Å². The summed E-state index contributed by atoms with van der Waals surface area (Å²) in [5, 5.41) is 12.0. The lowest BCUT2D eigenvalue weighted by Crippen LogP contribution is -2.34. The standard InChI is InChI=1S/C25H31N5OS/c1-32-14-13-30-11-9-18(10-12-30)20-7-8-23(22(15-20)19-5-3-2-4-6-19)29-25(31)24-27-17-21(16-26)28-24/h5,7-8,15,17-18H,2-4,6,9-14H2,1H3,(H,27,28)(H,29,31). The number of H-pyrrole nitrogens is 1. The molecule has 1 amide bonds. The Bertz CT molecular complexity index is 1010. The maximum absolute atomic E-state index is 12.7. The first-order chi connectivity index (χ1) is 15.7. The highest BCUT2D eigenvalue weighted by atomic mass is 32.2. The summed E-state index contributed by atoms with van der Waals surface area (Å²) < 4.78 is 0. The molecule has 6 nitrogen and oxygen atoms in total. The average molecular weight is 450 g/mol. The first-order valence-corrected chi connectivity index (χ1v) is 12.9. The number of allylic oxidation sites excluding steroid dienone is 2. The van der Waals surface area contributed by atoms with Gasteiger partial charge in [-0.15, -0.1) is 0 Å².